The third-order valence-electron chi connectivity index (χ3n) is 15.9. The zero-order valence-corrected chi connectivity index (χ0v) is 42.0. The Kier molecular flexibility index (Phi) is 9.60. The van der Waals surface area contributed by atoms with Crippen molar-refractivity contribution in [2.24, 2.45) is 0 Å². The van der Waals surface area contributed by atoms with Crippen LogP contribution in [-0.2, 0) is 5.41 Å². The number of hydrogen-bond acceptors (Lipinski definition) is 4. The van der Waals surface area contributed by atoms with Gasteiger partial charge in [-0.05, 0) is 150 Å². The molecule has 0 N–H and O–H groups in total. The minimum atomic E-state index is -0.307. The minimum Gasteiger partial charge on any atom is -0.454 e. The Hall–Kier alpha value is -8.60. The SMILES string of the molecule is CC(C)c1cccc2c1oc1c(N(c3ccccc3)c3ccc4cc5c(cc4c3)C(C)(C)c3c-5c4ccccc4c4cc(N(c5ccccc5)c5cccc6c5oc5c(C(C)C)cccc56)ccc34)cccc12. The van der Waals surface area contributed by atoms with E-state index in [-0.39, 0.29) is 5.41 Å². The molecule has 0 saturated carbocycles. The lowest BCUT2D eigenvalue weighted by Crippen LogP contribution is -2.16. The van der Waals surface area contributed by atoms with E-state index >= 15 is 0 Å². The molecule has 2 heterocycles. The van der Waals surface area contributed by atoms with Gasteiger partial charge < -0.3 is 18.6 Å². The Labute approximate surface area is 425 Å². The first-order valence-electron chi connectivity index (χ1n) is 25.8. The molecule has 4 heteroatoms. The van der Waals surface area contributed by atoms with Gasteiger partial charge in [0.05, 0.1) is 11.4 Å². The topological polar surface area (TPSA) is 32.8 Å². The molecule has 0 bridgehead atoms. The Morgan fingerprint density at radius 1 is 0.356 bits per heavy atom. The Morgan fingerprint density at radius 2 is 0.836 bits per heavy atom. The Balaban J connectivity index is 0.938. The highest BCUT2D eigenvalue weighted by atomic mass is 16.3. The second-order valence-corrected chi connectivity index (χ2v) is 21.2. The summed E-state index contributed by atoms with van der Waals surface area (Å²) in [5.41, 5.74) is 17.5. The Morgan fingerprint density at radius 3 is 1.40 bits per heavy atom. The molecule has 0 atom stereocenters. The lowest BCUT2D eigenvalue weighted by atomic mass is 9.79. The van der Waals surface area contributed by atoms with E-state index in [0.717, 1.165) is 78.0 Å². The molecular formula is C69H54N2O2. The van der Waals surface area contributed by atoms with Crippen molar-refractivity contribution in [3.05, 3.63) is 229 Å². The molecule has 1 aliphatic rings. The van der Waals surface area contributed by atoms with Crippen LogP contribution >= 0.6 is 0 Å². The number of furan rings is 2. The molecule has 0 spiro atoms. The molecule has 2 aromatic heterocycles. The summed E-state index contributed by atoms with van der Waals surface area (Å²) in [5, 5.41) is 12.0. The van der Waals surface area contributed by atoms with Crippen LogP contribution in [0.4, 0.5) is 34.1 Å². The van der Waals surface area contributed by atoms with E-state index in [9.17, 15) is 0 Å². The van der Waals surface area contributed by atoms with Crippen molar-refractivity contribution in [1.29, 1.82) is 0 Å². The largest absolute Gasteiger partial charge is 0.454 e. The van der Waals surface area contributed by atoms with Crippen molar-refractivity contribution in [2.45, 2.75) is 58.8 Å². The van der Waals surface area contributed by atoms with E-state index in [0.29, 0.717) is 11.8 Å². The van der Waals surface area contributed by atoms with Crippen molar-refractivity contribution in [1.82, 2.24) is 0 Å². The van der Waals surface area contributed by atoms with E-state index in [4.69, 9.17) is 8.83 Å². The van der Waals surface area contributed by atoms with E-state index in [1.807, 2.05) is 0 Å². The molecule has 73 heavy (non-hydrogen) atoms. The highest BCUT2D eigenvalue weighted by molar-refractivity contribution is 6.20. The summed E-state index contributed by atoms with van der Waals surface area (Å²) < 4.78 is 13.9. The number of anilines is 6. The zero-order valence-electron chi connectivity index (χ0n) is 42.0. The van der Waals surface area contributed by atoms with Crippen LogP contribution in [0.2, 0.25) is 0 Å². The number of fused-ring (bicyclic) bond motifs is 15. The summed E-state index contributed by atoms with van der Waals surface area (Å²) in [5.74, 6) is 0.668. The summed E-state index contributed by atoms with van der Waals surface area (Å²) in [7, 11) is 0. The summed E-state index contributed by atoms with van der Waals surface area (Å²) in [6.07, 6.45) is 0. The lowest BCUT2D eigenvalue weighted by molar-refractivity contribution is 0.657. The van der Waals surface area contributed by atoms with Gasteiger partial charge in [0.2, 0.25) is 0 Å². The molecule has 0 aliphatic heterocycles. The fourth-order valence-electron chi connectivity index (χ4n) is 12.5. The number of hydrogen-bond donors (Lipinski definition) is 0. The smallest absolute Gasteiger partial charge is 0.159 e. The maximum Gasteiger partial charge on any atom is 0.159 e. The van der Waals surface area contributed by atoms with Gasteiger partial charge in [-0.15, -0.1) is 0 Å². The fraction of sp³-hybridized carbons (Fsp3) is 0.130. The molecule has 352 valence electrons. The van der Waals surface area contributed by atoms with Crippen LogP contribution in [0.1, 0.15) is 75.6 Å². The van der Waals surface area contributed by atoms with Crippen molar-refractivity contribution in [2.75, 3.05) is 9.80 Å². The van der Waals surface area contributed by atoms with E-state index in [2.05, 4.69) is 258 Å². The van der Waals surface area contributed by atoms with Gasteiger partial charge in [0.15, 0.2) is 11.2 Å². The lowest BCUT2D eigenvalue weighted by Gasteiger charge is -2.28. The van der Waals surface area contributed by atoms with Crippen molar-refractivity contribution >= 4 is 110 Å². The van der Waals surface area contributed by atoms with Crippen molar-refractivity contribution < 1.29 is 8.83 Å². The van der Waals surface area contributed by atoms with Gasteiger partial charge in [-0.2, -0.15) is 0 Å². The average molecular weight is 943 g/mol. The predicted molar refractivity (Wildman–Crippen MR) is 309 cm³/mol. The summed E-state index contributed by atoms with van der Waals surface area (Å²) >= 11 is 0. The van der Waals surface area contributed by atoms with Crippen LogP contribution in [0, 0.1) is 0 Å². The monoisotopic (exact) mass is 942 g/mol. The van der Waals surface area contributed by atoms with E-state index in [1.165, 1.54) is 65.7 Å². The average Bonchev–Trinajstić information content (AvgIpc) is 4.07. The molecule has 0 amide bonds. The van der Waals surface area contributed by atoms with Crippen LogP contribution in [0.3, 0.4) is 0 Å². The number of nitrogens with zero attached hydrogens (tertiary/aromatic N) is 2. The van der Waals surface area contributed by atoms with Gasteiger partial charge in [0.25, 0.3) is 0 Å². The number of benzene rings is 11. The highest BCUT2D eigenvalue weighted by Crippen LogP contribution is 2.57. The van der Waals surface area contributed by atoms with Crippen LogP contribution in [0.15, 0.2) is 215 Å². The summed E-state index contributed by atoms with van der Waals surface area (Å²) in [6, 6.07) is 75.7. The molecule has 0 fully saturated rings. The maximum absolute atomic E-state index is 6.97. The standard InChI is InChI=1S/C69H54N2O2/c1-41(2)49-25-15-27-54-56-29-17-31-61(67(56)72-65(49)54)70(45-19-9-7-10-20-45)47-34-33-43-38-59-60(39-44(43)37-47)69(5,6)64-53-36-35-48(40-58(53)51-23-13-14-24-52(51)63(59)64)71(46-21-11-8-12-22-46)62-32-18-30-57-55-28-16-26-50(42(3)4)66(55)73-68(57)62/h7-42H,1-6H3. The van der Waals surface area contributed by atoms with Gasteiger partial charge in [0, 0.05) is 49.7 Å². The number of para-hydroxylation sites is 6. The minimum absolute atomic E-state index is 0.307. The first-order valence-corrected chi connectivity index (χ1v) is 25.8. The quantitative estimate of drug-likeness (QED) is 0.142. The molecular weight excluding hydrogens is 889 g/mol. The van der Waals surface area contributed by atoms with Crippen LogP contribution < -0.4 is 9.80 Å². The zero-order chi connectivity index (χ0) is 49.3. The van der Waals surface area contributed by atoms with Gasteiger partial charge in [-0.1, -0.05) is 175 Å². The van der Waals surface area contributed by atoms with Crippen LogP contribution in [0.25, 0.3) is 87.3 Å². The summed E-state index contributed by atoms with van der Waals surface area (Å²) in [6.45, 7) is 13.8. The second-order valence-electron chi connectivity index (χ2n) is 21.2. The molecule has 13 aromatic rings. The van der Waals surface area contributed by atoms with Crippen LogP contribution in [-0.4, -0.2) is 0 Å². The van der Waals surface area contributed by atoms with E-state index in [1.54, 1.807) is 0 Å². The van der Waals surface area contributed by atoms with Crippen molar-refractivity contribution in [3.8, 4) is 11.1 Å². The molecule has 0 saturated heterocycles. The first-order chi connectivity index (χ1) is 35.6. The third-order valence-corrected chi connectivity index (χ3v) is 15.9. The fourth-order valence-corrected chi connectivity index (χ4v) is 12.5. The molecule has 0 radical (unpaired) electrons. The van der Waals surface area contributed by atoms with Gasteiger partial charge in [-0.3, -0.25) is 0 Å². The normalized spacial score (nSPS) is 13.2. The molecule has 4 nitrogen and oxygen atoms in total. The second kappa shape index (κ2) is 16.2. The molecule has 0 unspecified atom stereocenters. The summed E-state index contributed by atoms with van der Waals surface area (Å²) in [4.78, 5) is 4.74. The maximum atomic E-state index is 6.97. The predicted octanol–water partition coefficient (Wildman–Crippen LogP) is 20.4. The Bertz CT molecular complexity index is 4370. The van der Waals surface area contributed by atoms with Crippen LogP contribution in [0.5, 0.6) is 0 Å². The molecule has 11 aromatic carbocycles. The van der Waals surface area contributed by atoms with E-state index < -0.39 is 0 Å². The first kappa shape index (κ1) is 43.2. The highest BCUT2D eigenvalue weighted by Gasteiger charge is 2.39. The van der Waals surface area contributed by atoms with Gasteiger partial charge >= 0.3 is 0 Å². The third kappa shape index (κ3) is 6.46. The van der Waals surface area contributed by atoms with Gasteiger partial charge in [0.1, 0.15) is 11.2 Å². The van der Waals surface area contributed by atoms with Gasteiger partial charge in [-0.25, -0.2) is 0 Å². The van der Waals surface area contributed by atoms with Crippen molar-refractivity contribution in [3.63, 3.8) is 0 Å². The molecule has 1 aliphatic carbocycles. The number of rotatable bonds is 8. The molecule has 14 rings (SSSR count).